The van der Waals surface area contributed by atoms with Crippen LogP contribution < -0.4 is 10.6 Å². The van der Waals surface area contributed by atoms with E-state index in [0.29, 0.717) is 28.7 Å². The fourth-order valence-electron chi connectivity index (χ4n) is 4.48. The van der Waals surface area contributed by atoms with Crippen molar-refractivity contribution in [2.45, 2.75) is 18.5 Å². The van der Waals surface area contributed by atoms with E-state index in [-0.39, 0.29) is 24.4 Å². The third-order valence-corrected chi connectivity index (χ3v) is 6.70. The van der Waals surface area contributed by atoms with Gasteiger partial charge >= 0.3 is 5.97 Å². The van der Waals surface area contributed by atoms with Crippen LogP contribution in [-0.4, -0.2) is 40.5 Å². The number of carbonyl (C=O) groups is 2. The number of aromatic nitrogens is 1. The van der Waals surface area contributed by atoms with Crippen molar-refractivity contribution in [3.8, 4) is 11.3 Å². The summed E-state index contributed by atoms with van der Waals surface area (Å²) in [6.45, 7) is 0.391. The van der Waals surface area contributed by atoms with E-state index in [1.54, 1.807) is 18.3 Å². The van der Waals surface area contributed by atoms with Crippen molar-refractivity contribution in [1.29, 1.82) is 0 Å². The number of pyridine rings is 1. The van der Waals surface area contributed by atoms with Crippen molar-refractivity contribution in [2.24, 2.45) is 0 Å². The van der Waals surface area contributed by atoms with Crippen LogP contribution in [0.2, 0.25) is 0 Å². The Morgan fingerprint density at radius 1 is 1.03 bits per heavy atom. The van der Waals surface area contributed by atoms with Crippen LogP contribution in [0, 0.1) is 0 Å². The van der Waals surface area contributed by atoms with E-state index < -0.39 is 5.97 Å². The summed E-state index contributed by atoms with van der Waals surface area (Å²) in [5.74, 6) is 0.830. The van der Waals surface area contributed by atoms with Crippen molar-refractivity contribution >= 4 is 34.9 Å². The van der Waals surface area contributed by atoms with Crippen LogP contribution in [0.25, 0.3) is 11.3 Å². The molecule has 1 aliphatic rings. The number of nitrogens with one attached hydrogen (secondary N) is 2. The van der Waals surface area contributed by atoms with Crippen molar-refractivity contribution in [3.05, 3.63) is 108 Å². The molecule has 2 unspecified atom stereocenters. The lowest BCUT2D eigenvalue weighted by atomic mass is 10.0. The van der Waals surface area contributed by atoms with Gasteiger partial charge in [-0.15, -0.1) is 0 Å². The van der Waals surface area contributed by atoms with Gasteiger partial charge < -0.3 is 24.7 Å². The van der Waals surface area contributed by atoms with Crippen LogP contribution in [-0.2, 0) is 9.53 Å². The number of amides is 1. The lowest BCUT2D eigenvalue weighted by molar-refractivity contribution is -0.116. The number of nitrogens with zero attached hydrogens (tertiary/aromatic N) is 2. The Morgan fingerprint density at radius 3 is 2.50 bits per heavy atom. The molecular formula is C29H26N4O4S. The number of benzene rings is 2. The van der Waals surface area contributed by atoms with Gasteiger partial charge in [0.1, 0.15) is 17.6 Å². The summed E-state index contributed by atoms with van der Waals surface area (Å²) in [6, 6.07) is 25.3. The average Bonchev–Trinajstić information content (AvgIpc) is 3.57. The summed E-state index contributed by atoms with van der Waals surface area (Å²) in [5.41, 5.74) is 2.84. The van der Waals surface area contributed by atoms with Crippen molar-refractivity contribution < 1.29 is 18.7 Å². The van der Waals surface area contributed by atoms with Gasteiger partial charge in [0.15, 0.2) is 5.11 Å². The first-order valence-corrected chi connectivity index (χ1v) is 12.6. The number of para-hydroxylation sites is 1. The van der Waals surface area contributed by atoms with Gasteiger partial charge in [-0.1, -0.05) is 36.4 Å². The molecule has 5 rings (SSSR count). The van der Waals surface area contributed by atoms with Crippen LogP contribution in [0.3, 0.4) is 0 Å². The van der Waals surface area contributed by atoms with Gasteiger partial charge in [-0.25, -0.2) is 4.79 Å². The third-order valence-electron chi connectivity index (χ3n) is 6.34. The van der Waals surface area contributed by atoms with E-state index in [1.807, 2.05) is 77.7 Å². The molecule has 2 aromatic carbocycles. The van der Waals surface area contributed by atoms with Gasteiger partial charge in [0.2, 0.25) is 5.91 Å². The van der Waals surface area contributed by atoms with Gasteiger partial charge in [-0.05, 0) is 60.7 Å². The smallest absolute Gasteiger partial charge is 0.337 e. The Balaban J connectivity index is 1.39. The van der Waals surface area contributed by atoms with Crippen molar-refractivity contribution in [3.63, 3.8) is 0 Å². The summed E-state index contributed by atoms with van der Waals surface area (Å²) in [4.78, 5) is 31.0. The van der Waals surface area contributed by atoms with E-state index in [2.05, 4.69) is 15.6 Å². The highest BCUT2D eigenvalue weighted by Crippen LogP contribution is 2.40. The molecule has 2 atom stereocenters. The first kappa shape index (κ1) is 25.2. The minimum absolute atomic E-state index is 0.107. The zero-order valence-corrected chi connectivity index (χ0v) is 21.5. The second-order valence-electron chi connectivity index (χ2n) is 8.76. The zero-order chi connectivity index (χ0) is 26.5. The number of rotatable bonds is 8. The predicted octanol–water partition coefficient (Wildman–Crippen LogP) is 5.13. The lowest BCUT2D eigenvalue weighted by Gasteiger charge is -2.25. The monoisotopic (exact) mass is 526 g/mol. The number of anilines is 1. The normalized spacial score (nSPS) is 16.7. The average molecular weight is 527 g/mol. The first-order chi connectivity index (χ1) is 18.5. The van der Waals surface area contributed by atoms with Crippen LogP contribution in [0.4, 0.5) is 5.69 Å². The maximum atomic E-state index is 12.7. The summed E-state index contributed by atoms with van der Waals surface area (Å²) >= 11 is 5.70. The number of carbonyl (C=O) groups excluding carboxylic acids is 2. The molecule has 0 radical (unpaired) electrons. The minimum atomic E-state index is -0.396. The van der Waals surface area contributed by atoms with Crippen molar-refractivity contribution in [1.82, 2.24) is 15.2 Å². The Bertz CT molecular complexity index is 1420. The number of furan rings is 1. The first-order valence-electron chi connectivity index (χ1n) is 12.1. The van der Waals surface area contributed by atoms with Gasteiger partial charge in [0, 0.05) is 30.4 Å². The second kappa shape index (κ2) is 11.3. The maximum absolute atomic E-state index is 12.7. The standard InChI is InChI=1S/C29H26N4O4S/c1-36-28(35)20-12-10-19(11-13-20)23-14-15-24(37-23)27-26(22-9-5-6-17-30-22)32-29(38)33(27)18-16-25(34)31-21-7-3-2-4-8-21/h2-15,17,26-27H,16,18H2,1H3,(H,31,34)(H,32,38). The Hall–Kier alpha value is -4.50. The van der Waals surface area contributed by atoms with E-state index in [9.17, 15) is 9.59 Å². The highest BCUT2D eigenvalue weighted by molar-refractivity contribution is 7.80. The van der Waals surface area contributed by atoms with Crippen LogP contribution >= 0.6 is 12.2 Å². The molecule has 1 saturated heterocycles. The topological polar surface area (TPSA) is 96.7 Å². The second-order valence-corrected chi connectivity index (χ2v) is 9.14. The predicted molar refractivity (Wildman–Crippen MR) is 147 cm³/mol. The number of ether oxygens (including phenoxy) is 1. The van der Waals surface area contributed by atoms with Gasteiger partial charge in [-0.2, -0.15) is 0 Å². The molecule has 0 bridgehead atoms. The fourth-order valence-corrected chi connectivity index (χ4v) is 4.81. The quantitative estimate of drug-likeness (QED) is 0.241. The highest BCUT2D eigenvalue weighted by atomic mass is 32.1. The largest absolute Gasteiger partial charge is 0.465 e. The third kappa shape index (κ3) is 5.42. The number of thiocarbonyl (C=S) groups is 1. The van der Waals surface area contributed by atoms with E-state index in [4.69, 9.17) is 21.4 Å². The fraction of sp³-hybridized carbons (Fsp3) is 0.172. The number of esters is 1. The molecule has 1 amide bonds. The Morgan fingerprint density at radius 2 is 1.79 bits per heavy atom. The van der Waals surface area contributed by atoms with Crippen LogP contribution in [0.1, 0.15) is 40.3 Å². The van der Waals surface area contributed by atoms with Crippen LogP contribution in [0.15, 0.2) is 95.5 Å². The summed E-state index contributed by atoms with van der Waals surface area (Å²) < 4.78 is 11.1. The minimum Gasteiger partial charge on any atom is -0.465 e. The van der Waals surface area contributed by atoms with Gasteiger partial charge in [-0.3, -0.25) is 9.78 Å². The maximum Gasteiger partial charge on any atom is 0.337 e. The molecule has 3 heterocycles. The molecule has 38 heavy (non-hydrogen) atoms. The summed E-state index contributed by atoms with van der Waals surface area (Å²) in [5, 5.41) is 6.82. The molecule has 0 saturated carbocycles. The van der Waals surface area contributed by atoms with Gasteiger partial charge in [0.25, 0.3) is 0 Å². The van der Waals surface area contributed by atoms with E-state index in [1.165, 1.54) is 7.11 Å². The summed E-state index contributed by atoms with van der Waals surface area (Å²) in [7, 11) is 1.35. The summed E-state index contributed by atoms with van der Waals surface area (Å²) in [6.07, 6.45) is 1.98. The molecule has 0 aliphatic carbocycles. The number of methoxy groups -OCH3 is 1. The molecule has 2 aromatic heterocycles. The molecule has 0 spiro atoms. The molecule has 4 aromatic rings. The Labute approximate surface area is 225 Å². The molecule has 1 aliphatic heterocycles. The number of hydrogen-bond acceptors (Lipinski definition) is 6. The van der Waals surface area contributed by atoms with Crippen LogP contribution in [0.5, 0.6) is 0 Å². The lowest BCUT2D eigenvalue weighted by Crippen LogP contribution is -2.32. The zero-order valence-electron chi connectivity index (χ0n) is 20.7. The van der Waals surface area contributed by atoms with E-state index >= 15 is 0 Å². The molecule has 8 nitrogen and oxygen atoms in total. The highest BCUT2D eigenvalue weighted by Gasteiger charge is 2.41. The molecule has 2 N–H and O–H groups in total. The number of hydrogen-bond donors (Lipinski definition) is 2. The molecule has 1 fully saturated rings. The van der Waals surface area contributed by atoms with E-state index in [0.717, 1.165) is 16.9 Å². The Kier molecular flexibility index (Phi) is 7.46. The van der Waals surface area contributed by atoms with Crippen molar-refractivity contribution in [2.75, 3.05) is 19.0 Å². The van der Waals surface area contributed by atoms with Gasteiger partial charge in [0.05, 0.1) is 24.4 Å². The molecule has 9 heteroatoms. The molecular weight excluding hydrogens is 500 g/mol. The molecule has 192 valence electrons. The SMILES string of the molecule is COC(=O)c1ccc(-c2ccc(C3C(c4ccccn4)NC(=S)N3CCC(=O)Nc3ccccc3)o2)cc1.